The second kappa shape index (κ2) is 7.00. The Balaban J connectivity index is 2.19. The van der Waals surface area contributed by atoms with Crippen LogP contribution in [0.5, 0.6) is 0 Å². The normalized spacial score (nSPS) is 11.2. The van der Waals surface area contributed by atoms with Crippen LogP contribution in [-0.4, -0.2) is 29.1 Å². The van der Waals surface area contributed by atoms with Crippen molar-refractivity contribution in [2.45, 2.75) is 13.0 Å². The van der Waals surface area contributed by atoms with Gasteiger partial charge < -0.3 is 14.5 Å². The monoisotopic (exact) mass is 322 g/mol. The van der Waals surface area contributed by atoms with Crippen LogP contribution in [0.2, 0.25) is 0 Å². The average molecular weight is 322 g/mol. The smallest absolute Gasteiger partial charge is 0.310 e. The summed E-state index contributed by atoms with van der Waals surface area (Å²) in [5.41, 5.74) is 3.60. The lowest BCUT2D eigenvalue weighted by molar-refractivity contribution is -0.139. The number of ether oxygens (including phenoxy) is 1. The van der Waals surface area contributed by atoms with E-state index in [1.165, 1.54) is 13.3 Å². The molecule has 0 atom stereocenters. The molecule has 5 heteroatoms. The summed E-state index contributed by atoms with van der Waals surface area (Å²) < 4.78 is 6.85. The zero-order valence-corrected chi connectivity index (χ0v) is 13.3. The predicted molar refractivity (Wildman–Crippen MR) is 92.6 cm³/mol. The van der Waals surface area contributed by atoms with E-state index in [1.807, 2.05) is 59.2 Å². The van der Waals surface area contributed by atoms with Crippen molar-refractivity contribution in [1.29, 1.82) is 0 Å². The molecule has 5 nitrogen and oxygen atoms in total. The third-order valence-corrected chi connectivity index (χ3v) is 4.03. The number of rotatable bonds is 5. The van der Waals surface area contributed by atoms with Crippen molar-refractivity contribution < 1.29 is 14.7 Å². The summed E-state index contributed by atoms with van der Waals surface area (Å²) in [6, 6.07) is 17.8. The minimum absolute atomic E-state index is 0.125. The van der Waals surface area contributed by atoms with Crippen LogP contribution >= 0.6 is 0 Å². The molecule has 2 aromatic carbocycles. The Bertz CT molecular complexity index is 882. The summed E-state index contributed by atoms with van der Waals surface area (Å²) >= 11 is 0. The highest BCUT2D eigenvalue weighted by Crippen LogP contribution is 2.27. The van der Waals surface area contributed by atoms with Crippen LogP contribution in [0.4, 0.5) is 0 Å². The van der Waals surface area contributed by atoms with Crippen molar-refractivity contribution in [3.05, 3.63) is 71.4 Å². The lowest BCUT2D eigenvalue weighted by Crippen LogP contribution is -2.09. The van der Waals surface area contributed by atoms with Gasteiger partial charge in [-0.2, -0.15) is 0 Å². The van der Waals surface area contributed by atoms with Gasteiger partial charge in [-0.3, -0.25) is 4.79 Å². The molecule has 0 aliphatic carbocycles. The SMILES string of the molecule is COC(=O)Cc1c(/C=N/O)n(Cc2ccccc2)c2ccccc12. The first-order valence-electron chi connectivity index (χ1n) is 7.63. The summed E-state index contributed by atoms with van der Waals surface area (Å²) in [5, 5.41) is 13.2. The molecule has 0 aliphatic rings. The van der Waals surface area contributed by atoms with Crippen molar-refractivity contribution in [2.75, 3.05) is 7.11 Å². The first-order valence-corrected chi connectivity index (χ1v) is 7.63. The van der Waals surface area contributed by atoms with E-state index in [0.29, 0.717) is 12.2 Å². The molecule has 0 aliphatic heterocycles. The Hall–Kier alpha value is -3.08. The highest BCUT2D eigenvalue weighted by atomic mass is 16.5. The highest BCUT2D eigenvalue weighted by molar-refractivity contribution is 5.97. The molecular formula is C19H18N2O3. The van der Waals surface area contributed by atoms with Crippen molar-refractivity contribution >= 4 is 23.1 Å². The molecule has 122 valence electrons. The van der Waals surface area contributed by atoms with Crippen LogP contribution < -0.4 is 0 Å². The quantitative estimate of drug-likeness (QED) is 0.339. The number of para-hydroxylation sites is 1. The maximum Gasteiger partial charge on any atom is 0.310 e. The number of hydrogen-bond acceptors (Lipinski definition) is 4. The number of aromatic nitrogens is 1. The Morgan fingerprint density at radius 3 is 2.58 bits per heavy atom. The third kappa shape index (κ3) is 3.01. The molecule has 0 saturated carbocycles. The number of carbonyl (C=O) groups excluding carboxylic acids is 1. The minimum Gasteiger partial charge on any atom is -0.469 e. The van der Waals surface area contributed by atoms with Gasteiger partial charge in [-0.05, 0) is 17.2 Å². The van der Waals surface area contributed by atoms with Crippen LogP contribution in [0.1, 0.15) is 16.8 Å². The number of methoxy groups -OCH3 is 1. The molecule has 0 saturated heterocycles. The second-order valence-corrected chi connectivity index (χ2v) is 5.45. The van der Waals surface area contributed by atoms with Crippen LogP contribution in [0.25, 0.3) is 10.9 Å². The van der Waals surface area contributed by atoms with E-state index in [9.17, 15) is 4.79 Å². The molecule has 3 aromatic rings. The van der Waals surface area contributed by atoms with Gasteiger partial charge in [-0.1, -0.05) is 53.7 Å². The molecule has 1 heterocycles. The van der Waals surface area contributed by atoms with Crippen molar-refractivity contribution in [3.8, 4) is 0 Å². The molecule has 3 rings (SSSR count). The fraction of sp³-hybridized carbons (Fsp3) is 0.158. The maximum absolute atomic E-state index is 11.8. The third-order valence-electron chi connectivity index (χ3n) is 4.03. The standard InChI is InChI=1S/C19H18N2O3/c1-24-19(22)11-16-15-9-5-6-10-17(15)21(18(16)12-20-23)13-14-7-3-2-4-8-14/h2-10,12,23H,11,13H2,1H3/b20-12+. The van der Waals surface area contributed by atoms with Crippen LogP contribution in [-0.2, 0) is 22.5 Å². The number of nitrogens with zero attached hydrogens (tertiary/aromatic N) is 2. The van der Waals surface area contributed by atoms with Crippen LogP contribution in [0.15, 0.2) is 59.8 Å². The Labute approximate surface area is 139 Å². The molecule has 1 aromatic heterocycles. The van der Waals surface area contributed by atoms with Crippen molar-refractivity contribution in [2.24, 2.45) is 5.16 Å². The fourth-order valence-electron chi connectivity index (χ4n) is 2.94. The van der Waals surface area contributed by atoms with Gasteiger partial charge in [0.25, 0.3) is 0 Å². The number of hydrogen-bond donors (Lipinski definition) is 1. The molecule has 1 N–H and O–H groups in total. The van der Waals surface area contributed by atoms with Gasteiger partial charge in [0.15, 0.2) is 0 Å². The van der Waals surface area contributed by atoms with Gasteiger partial charge in [0.1, 0.15) is 0 Å². The molecule has 0 amide bonds. The number of benzene rings is 2. The lowest BCUT2D eigenvalue weighted by atomic mass is 10.1. The molecule has 0 unspecified atom stereocenters. The molecule has 0 fully saturated rings. The maximum atomic E-state index is 11.8. The second-order valence-electron chi connectivity index (χ2n) is 5.45. The summed E-state index contributed by atoms with van der Waals surface area (Å²) in [6.07, 6.45) is 1.50. The molecule has 0 bridgehead atoms. The summed E-state index contributed by atoms with van der Waals surface area (Å²) in [7, 11) is 1.37. The van der Waals surface area contributed by atoms with Gasteiger partial charge in [-0.25, -0.2) is 0 Å². The van der Waals surface area contributed by atoms with E-state index in [2.05, 4.69) is 5.16 Å². The minimum atomic E-state index is -0.329. The zero-order chi connectivity index (χ0) is 16.9. The Morgan fingerprint density at radius 2 is 1.88 bits per heavy atom. The number of carbonyl (C=O) groups is 1. The number of oxime groups is 1. The van der Waals surface area contributed by atoms with Crippen LogP contribution in [0, 0.1) is 0 Å². The molecule has 0 radical (unpaired) electrons. The average Bonchev–Trinajstić information content (AvgIpc) is 2.90. The van der Waals surface area contributed by atoms with Gasteiger partial charge >= 0.3 is 5.97 Å². The lowest BCUT2D eigenvalue weighted by Gasteiger charge is -2.09. The fourth-order valence-corrected chi connectivity index (χ4v) is 2.94. The van der Waals surface area contributed by atoms with Gasteiger partial charge in [0.2, 0.25) is 0 Å². The van der Waals surface area contributed by atoms with Crippen molar-refractivity contribution in [3.63, 3.8) is 0 Å². The first-order chi connectivity index (χ1) is 11.7. The molecular weight excluding hydrogens is 304 g/mol. The summed E-state index contributed by atoms with van der Waals surface area (Å²) in [4.78, 5) is 11.8. The van der Waals surface area contributed by atoms with E-state index in [-0.39, 0.29) is 12.4 Å². The Kier molecular flexibility index (Phi) is 4.61. The van der Waals surface area contributed by atoms with Gasteiger partial charge in [0.05, 0.1) is 25.4 Å². The van der Waals surface area contributed by atoms with E-state index < -0.39 is 0 Å². The van der Waals surface area contributed by atoms with Gasteiger partial charge in [0, 0.05) is 17.4 Å². The van der Waals surface area contributed by atoms with E-state index in [0.717, 1.165) is 22.0 Å². The van der Waals surface area contributed by atoms with Crippen LogP contribution in [0.3, 0.4) is 0 Å². The molecule has 24 heavy (non-hydrogen) atoms. The predicted octanol–water partition coefficient (Wildman–Crippen LogP) is 3.21. The van der Waals surface area contributed by atoms with E-state index >= 15 is 0 Å². The number of esters is 1. The van der Waals surface area contributed by atoms with E-state index in [1.54, 1.807) is 0 Å². The molecule has 0 spiro atoms. The van der Waals surface area contributed by atoms with Gasteiger partial charge in [-0.15, -0.1) is 0 Å². The Morgan fingerprint density at radius 1 is 1.17 bits per heavy atom. The zero-order valence-electron chi connectivity index (χ0n) is 13.3. The highest BCUT2D eigenvalue weighted by Gasteiger charge is 2.18. The first kappa shape index (κ1) is 15.8. The van der Waals surface area contributed by atoms with E-state index in [4.69, 9.17) is 9.94 Å². The van der Waals surface area contributed by atoms with Crippen molar-refractivity contribution in [1.82, 2.24) is 4.57 Å². The topological polar surface area (TPSA) is 63.8 Å². The number of fused-ring (bicyclic) bond motifs is 1. The largest absolute Gasteiger partial charge is 0.469 e. The summed E-state index contributed by atoms with van der Waals surface area (Å²) in [5.74, 6) is -0.329. The summed E-state index contributed by atoms with van der Waals surface area (Å²) in [6.45, 7) is 0.615.